The van der Waals surface area contributed by atoms with Crippen LogP contribution in [-0.2, 0) is 9.53 Å². The van der Waals surface area contributed by atoms with E-state index in [1.807, 2.05) is 20.8 Å². The van der Waals surface area contributed by atoms with E-state index >= 15 is 0 Å². The smallest absolute Gasteiger partial charge is 0.416 e. The Morgan fingerprint density at radius 3 is 2.43 bits per heavy atom. The maximum Gasteiger partial charge on any atom is 0.416 e. The lowest BCUT2D eigenvalue weighted by Crippen LogP contribution is -2.62. The van der Waals surface area contributed by atoms with Crippen LogP contribution in [0, 0.1) is 0 Å². The minimum Gasteiger partial charge on any atom is -0.443 e. The molecule has 2 aliphatic rings. The number of piperidine rings is 1. The number of pyridine rings is 1. The fourth-order valence-electron chi connectivity index (χ4n) is 5.43. The lowest BCUT2D eigenvalue weighted by atomic mass is 9.79. The predicted molar refractivity (Wildman–Crippen MR) is 136 cm³/mol. The first kappa shape index (κ1) is 27.1. The number of nitrogens with zero attached hydrogens (tertiary/aromatic N) is 3. The van der Waals surface area contributed by atoms with E-state index in [1.165, 1.54) is 12.2 Å². The summed E-state index contributed by atoms with van der Waals surface area (Å²) in [4.78, 5) is 33.3. The lowest BCUT2D eigenvalue weighted by Gasteiger charge is -2.49. The minimum atomic E-state index is -0.628. The van der Waals surface area contributed by atoms with E-state index in [2.05, 4.69) is 42.9 Å². The molecule has 2 fully saturated rings. The van der Waals surface area contributed by atoms with Crippen molar-refractivity contribution in [1.82, 2.24) is 20.7 Å². The summed E-state index contributed by atoms with van der Waals surface area (Å²) >= 11 is 0. The average molecular weight is 488 g/mol. The molecule has 9 heteroatoms. The predicted octanol–water partition coefficient (Wildman–Crippen LogP) is 3.73. The second-order valence-electron chi connectivity index (χ2n) is 12.0. The summed E-state index contributed by atoms with van der Waals surface area (Å²) < 4.78 is 5.76. The van der Waals surface area contributed by atoms with Crippen LogP contribution < -0.4 is 15.7 Å². The summed E-state index contributed by atoms with van der Waals surface area (Å²) in [6.07, 6.45) is 6.87. The summed E-state index contributed by atoms with van der Waals surface area (Å²) in [5.41, 5.74) is 1.70. The van der Waals surface area contributed by atoms with Crippen molar-refractivity contribution in [2.24, 2.45) is 0 Å². The number of rotatable bonds is 5. The molecule has 194 valence electrons. The first-order valence-corrected chi connectivity index (χ1v) is 12.3. The van der Waals surface area contributed by atoms with Gasteiger partial charge in [-0.2, -0.15) is 0 Å². The number of ether oxygens (including phenoxy) is 1. The zero-order valence-corrected chi connectivity index (χ0v) is 22.1. The van der Waals surface area contributed by atoms with Crippen LogP contribution in [0.25, 0.3) is 6.08 Å². The third-order valence-corrected chi connectivity index (χ3v) is 6.39. The van der Waals surface area contributed by atoms with Crippen molar-refractivity contribution >= 4 is 23.9 Å². The normalized spacial score (nSPS) is 22.8. The maximum atomic E-state index is 13.3. The van der Waals surface area contributed by atoms with E-state index in [4.69, 9.17) is 9.94 Å². The molecule has 9 nitrogen and oxygen atoms in total. The van der Waals surface area contributed by atoms with E-state index < -0.39 is 17.6 Å². The summed E-state index contributed by atoms with van der Waals surface area (Å²) in [7, 11) is 0. The number of carbonyl (C=O) groups is 2. The van der Waals surface area contributed by atoms with Crippen LogP contribution in [0.15, 0.2) is 24.4 Å². The van der Waals surface area contributed by atoms with Crippen LogP contribution in [0.3, 0.4) is 0 Å². The molecule has 2 saturated heterocycles. The van der Waals surface area contributed by atoms with Gasteiger partial charge in [0.15, 0.2) is 0 Å². The lowest BCUT2D eigenvalue weighted by molar-refractivity contribution is -0.124. The van der Waals surface area contributed by atoms with E-state index in [0.29, 0.717) is 17.4 Å². The van der Waals surface area contributed by atoms with Gasteiger partial charge in [0.05, 0.1) is 6.04 Å². The highest BCUT2D eigenvalue weighted by Gasteiger charge is 2.43. The number of aromatic nitrogens is 1. The molecule has 3 heterocycles. The van der Waals surface area contributed by atoms with Crippen molar-refractivity contribution in [3.05, 3.63) is 30.0 Å². The highest BCUT2D eigenvalue weighted by Crippen LogP contribution is 2.34. The monoisotopic (exact) mass is 487 g/mol. The Kier molecular flexibility index (Phi) is 7.93. The molecule has 2 amide bonds. The molecular weight excluding hydrogens is 446 g/mol. The first-order valence-electron chi connectivity index (χ1n) is 12.3. The van der Waals surface area contributed by atoms with Gasteiger partial charge in [-0.05, 0) is 91.5 Å². The molecule has 0 radical (unpaired) electrons. The highest BCUT2D eigenvalue weighted by atomic mass is 16.6. The molecular formula is C26H41N5O4. The van der Waals surface area contributed by atoms with Crippen LogP contribution in [0.5, 0.6) is 0 Å². The van der Waals surface area contributed by atoms with Crippen molar-refractivity contribution in [2.75, 3.05) is 18.0 Å². The molecule has 0 aliphatic carbocycles. The van der Waals surface area contributed by atoms with Gasteiger partial charge in [-0.25, -0.2) is 15.3 Å². The number of nitrogens with one attached hydrogen (secondary N) is 2. The third-order valence-electron chi connectivity index (χ3n) is 6.39. The molecule has 0 aromatic carbocycles. The molecule has 2 aliphatic heterocycles. The summed E-state index contributed by atoms with van der Waals surface area (Å²) in [5.74, 6) is -0.111. The van der Waals surface area contributed by atoms with Crippen molar-refractivity contribution in [2.45, 2.75) is 96.5 Å². The van der Waals surface area contributed by atoms with E-state index in [1.54, 1.807) is 28.7 Å². The molecule has 1 aromatic heterocycles. The number of anilines is 1. The minimum absolute atomic E-state index is 0.0488. The SMILES string of the molecule is CC1(C)CC(N2CC[C@@H](N(C(=O)OC(C)(C)C)c3ccc(C=CC(=O)NO)cn3)C2)CC(C)(C)N1. The van der Waals surface area contributed by atoms with Gasteiger partial charge in [0.25, 0.3) is 5.91 Å². The highest BCUT2D eigenvalue weighted by molar-refractivity contribution is 5.91. The Balaban J connectivity index is 1.81. The summed E-state index contributed by atoms with van der Waals surface area (Å²) in [6.45, 7) is 16.3. The molecule has 3 N–H and O–H groups in total. The number of likely N-dealkylation sites (tertiary alicyclic amines) is 1. The molecule has 1 aromatic rings. The summed E-state index contributed by atoms with van der Waals surface area (Å²) in [5, 5.41) is 12.4. The van der Waals surface area contributed by atoms with Gasteiger partial charge in [0, 0.05) is 42.5 Å². The fourth-order valence-corrected chi connectivity index (χ4v) is 5.43. The maximum absolute atomic E-state index is 13.3. The van der Waals surface area contributed by atoms with Gasteiger partial charge in [0.2, 0.25) is 0 Å². The molecule has 0 saturated carbocycles. The second-order valence-corrected chi connectivity index (χ2v) is 12.0. The van der Waals surface area contributed by atoms with Gasteiger partial charge in [-0.1, -0.05) is 0 Å². The number of hydrogen-bond donors (Lipinski definition) is 3. The van der Waals surface area contributed by atoms with Crippen molar-refractivity contribution in [1.29, 1.82) is 0 Å². The van der Waals surface area contributed by atoms with E-state index in [0.717, 1.165) is 32.4 Å². The topological polar surface area (TPSA) is 107 Å². The molecule has 35 heavy (non-hydrogen) atoms. The van der Waals surface area contributed by atoms with E-state index in [-0.39, 0.29) is 17.1 Å². The Labute approximate surface area is 208 Å². The molecule has 0 bridgehead atoms. The van der Waals surface area contributed by atoms with E-state index in [9.17, 15) is 9.59 Å². The molecule has 1 atom stereocenters. The third kappa shape index (κ3) is 7.49. The first-order chi connectivity index (χ1) is 16.2. The number of hydroxylamine groups is 1. The van der Waals surface area contributed by atoms with Crippen LogP contribution in [0.2, 0.25) is 0 Å². The van der Waals surface area contributed by atoms with Crippen LogP contribution in [0.1, 0.15) is 73.3 Å². The second kappa shape index (κ2) is 10.2. The summed E-state index contributed by atoms with van der Waals surface area (Å²) in [6, 6.07) is 3.93. The zero-order valence-electron chi connectivity index (χ0n) is 22.1. The van der Waals surface area contributed by atoms with Crippen molar-refractivity contribution in [3.8, 4) is 0 Å². The number of amides is 2. The Morgan fingerprint density at radius 1 is 1.23 bits per heavy atom. The molecule has 0 unspecified atom stereocenters. The van der Waals surface area contributed by atoms with Gasteiger partial charge in [0.1, 0.15) is 11.4 Å². The van der Waals surface area contributed by atoms with Gasteiger partial charge in [-0.3, -0.25) is 19.8 Å². The molecule has 0 spiro atoms. The van der Waals surface area contributed by atoms with Crippen LogP contribution in [0.4, 0.5) is 10.6 Å². The average Bonchev–Trinajstić information content (AvgIpc) is 3.19. The van der Waals surface area contributed by atoms with Gasteiger partial charge >= 0.3 is 6.09 Å². The number of carbonyl (C=O) groups excluding carboxylic acids is 2. The quantitative estimate of drug-likeness (QED) is 0.330. The standard InChI is InChI=1S/C26H41N5O4/c1-24(2,3)35-23(33)31(21-10-8-18(16-27-21)9-11-22(32)28-34)19-12-13-30(17-19)20-14-25(4,5)29-26(6,7)15-20/h8-11,16,19-20,29,34H,12-15,17H2,1-7H3,(H,28,32)/t19-/m1/s1. The van der Waals surface area contributed by atoms with Gasteiger partial charge < -0.3 is 10.1 Å². The Hall–Kier alpha value is -2.49. The molecule has 3 rings (SSSR count). The van der Waals surface area contributed by atoms with Crippen molar-refractivity contribution in [3.63, 3.8) is 0 Å². The van der Waals surface area contributed by atoms with Crippen LogP contribution in [-0.4, -0.2) is 68.9 Å². The fraction of sp³-hybridized carbons (Fsp3) is 0.654. The van der Waals surface area contributed by atoms with Crippen molar-refractivity contribution < 1.29 is 19.5 Å². The largest absolute Gasteiger partial charge is 0.443 e. The van der Waals surface area contributed by atoms with Gasteiger partial charge in [-0.15, -0.1) is 0 Å². The van der Waals surface area contributed by atoms with Crippen LogP contribution >= 0.6 is 0 Å². The zero-order chi connectivity index (χ0) is 26.0. The number of hydrogen-bond acceptors (Lipinski definition) is 7. The Bertz CT molecular complexity index is 920. The Morgan fingerprint density at radius 2 is 1.89 bits per heavy atom.